The lowest BCUT2D eigenvalue weighted by Crippen LogP contribution is -2.14. The normalized spacial score (nSPS) is 10.6. The van der Waals surface area contributed by atoms with Crippen molar-refractivity contribution in [1.29, 1.82) is 0 Å². The molecular weight excluding hydrogens is 240 g/mol. The lowest BCUT2D eigenvalue weighted by Gasteiger charge is -2.10. The molecular formula is C15H20N2O2. The Kier molecular flexibility index (Phi) is 5.44. The number of nitrogens with zero attached hydrogens (tertiary/aromatic N) is 1. The van der Waals surface area contributed by atoms with Gasteiger partial charge in [0.2, 0.25) is 5.88 Å². The summed E-state index contributed by atoms with van der Waals surface area (Å²) in [7, 11) is 0. The van der Waals surface area contributed by atoms with E-state index in [2.05, 4.69) is 17.2 Å². The zero-order valence-electron chi connectivity index (χ0n) is 11.3. The number of ether oxygens (including phenoxy) is 1. The van der Waals surface area contributed by atoms with E-state index in [4.69, 9.17) is 9.15 Å². The Hall–Kier alpha value is -1.81. The van der Waals surface area contributed by atoms with Gasteiger partial charge in [0.1, 0.15) is 5.76 Å². The minimum absolute atomic E-state index is 0.705. The van der Waals surface area contributed by atoms with E-state index < -0.39 is 0 Å². The fourth-order valence-electron chi connectivity index (χ4n) is 1.74. The molecule has 0 radical (unpaired) electrons. The van der Waals surface area contributed by atoms with Crippen LogP contribution in [0, 0.1) is 0 Å². The van der Waals surface area contributed by atoms with Gasteiger partial charge in [0.25, 0.3) is 0 Å². The third-order valence-electron chi connectivity index (χ3n) is 2.78. The van der Waals surface area contributed by atoms with Crippen molar-refractivity contribution < 1.29 is 9.15 Å². The second kappa shape index (κ2) is 7.59. The van der Waals surface area contributed by atoms with Gasteiger partial charge in [0.15, 0.2) is 0 Å². The van der Waals surface area contributed by atoms with Crippen LogP contribution in [0.25, 0.3) is 0 Å². The van der Waals surface area contributed by atoms with Crippen molar-refractivity contribution in [3.8, 4) is 5.88 Å². The molecule has 0 unspecified atom stereocenters. The van der Waals surface area contributed by atoms with Crippen molar-refractivity contribution in [3.05, 3.63) is 48.0 Å². The van der Waals surface area contributed by atoms with Crippen molar-refractivity contribution in [2.75, 3.05) is 6.61 Å². The highest BCUT2D eigenvalue weighted by Crippen LogP contribution is 2.14. The molecule has 2 heterocycles. The molecule has 0 fully saturated rings. The van der Waals surface area contributed by atoms with Gasteiger partial charge in [-0.15, -0.1) is 0 Å². The lowest BCUT2D eigenvalue weighted by molar-refractivity contribution is 0.293. The highest BCUT2D eigenvalue weighted by atomic mass is 16.5. The van der Waals surface area contributed by atoms with Gasteiger partial charge in [-0.25, -0.2) is 4.98 Å². The van der Waals surface area contributed by atoms with Crippen LogP contribution in [0.15, 0.2) is 41.1 Å². The summed E-state index contributed by atoms with van der Waals surface area (Å²) in [4.78, 5) is 4.28. The van der Waals surface area contributed by atoms with Gasteiger partial charge >= 0.3 is 0 Å². The van der Waals surface area contributed by atoms with Crippen LogP contribution in [0.4, 0.5) is 0 Å². The summed E-state index contributed by atoms with van der Waals surface area (Å²) in [6, 6.07) is 7.80. The number of hydrogen-bond donors (Lipinski definition) is 1. The second-order valence-electron chi connectivity index (χ2n) is 4.35. The monoisotopic (exact) mass is 260 g/mol. The molecule has 0 bridgehead atoms. The molecule has 0 saturated heterocycles. The second-order valence-corrected chi connectivity index (χ2v) is 4.35. The van der Waals surface area contributed by atoms with Crippen molar-refractivity contribution in [2.45, 2.75) is 32.9 Å². The minimum atomic E-state index is 0.705. The van der Waals surface area contributed by atoms with E-state index in [0.29, 0.717) is 6.54 Å². The highest BCUT2D eigenvalue weighted by Gasteiger charge is 2.04. The van der Waals surface area contributed by atoms with Crippen LogP contribution in [0.2, 0.25) is 0 Å². The Labute approximate surface area is 113 Å². The fraction of sp³-hybridized carbons (Fsp3) is 0.400. The summed E-state index contributed by atoms with van der Waals surface area (Å²) in [6.45, 7) is 4.29. The predicted molar refractivity (Wildman–Crippen MR) is 73.9 cm³/mol. The molecule has 0 aliphatic heterocycles. The summed E-state index contributed by atoms with van der Waals surface area (Å²) < 4.78 is 11.0. The molecule has 2 rings (SSSR count). The molecule has 0 spiro atoms. The first-order valence-corrected chi connectivity index (χ1v) is 6.70. The first-order chi connectivity index (χ1) is 9.40. The average Bonchev–Trinajstić information content (AvgIpc) is 2.94. The zero-order chi connectivity index (χ0) is 13.3. The topological polar surface area (TPSA) is 47.3 Å². The quantitative estimate of drug-likeness (QED) is 0.741. The Morgan fingerprint density at radius 2 is 2.21 bits per heavy atom. The molecule has 0 atom stereocenters. The van der Waals surface area contributed by atoms with Crippen molar-refractivity contribution in [2.24, 2.45) is 0 Å². The number of unbranched alkanes of at least 4 members (excludes halogenated alkanes) is 1. The highest BCUT2D eigenvalue weighted by molar-refractivity contribution is 5.25. The zero-order valence-corrected chi connectivity index (χ0v) is 11.3. The van der Waals surface area contributed by atoms with E-state index in [9.17, 15) is 0 Å². The average molecular weight is 260 g/mol. The summed E-state index contributed by atoms with van der Waals surface area (Å²) in [5.41, 5.74) is 1.07. The standard InChI is InChI=1S/C15H20N2O2/c1-2-3-9-19-15-13(6-4-8-17-15)11-16-12-14-7-5-10-18-14/h4-8,10,16H,2-3,9,11-12H2,1H3. The maximum absolute atomic E-state index is 5.69. The Balaban J connectivity index is 1.84. The lowest BCUT2D eigenvalue weighted by atomic mass is 10.2. The van der Waals surface area contributed by atoms with Gasteiger partial charge in [-0.2, -0.15) is 0 Å². The number of hydrogen-bond acceptors (Lipinski definition) is 4. The first-order valence-electron chi connectivity index (χ1n) is 6.70. The van der Waals surface area contributed by atoms with Gasteiger partial charge in [0.05, 0.1) is 19.4 Å². The van der Waals surface area contributed by atoms with Gasteiger partial charge in [-0.1, -0.05) is 19.4 Å². The summed E-state index contributed by atoms with van der Waals surface area (Å²) in [5.74, 6) is 1.65. The maximum atomic E-state index is 5.69. The summed E-state index contributed by atoms with van der Waals surface area (Å²) in [6.07, 6.45) is 5.62. The van der Waals surface area contributed by atoms with Crippen LogP contribution in [0.1, 0.15) is 31.1 Å². The molecule has 2 aromatic heterocycles. The van der Waals surface area contributed by atoms with Crippen molar-refractivity contribution >= 4 is 0 Å². The van der Waals surface area contributed by atoms with E-state index in [1.807, 2.05) is 24.3 Å². The molecule has 4 heteroatoms. The predicted octanol–water partition coefficient (Wildman–Crippen LogP) is 3.14. The van der Waals surface area contributed by atoms with E-state index in [1.54, 1.807) is 12.5 Å². The molecule has 0 saturated carbocycles. The number of aromatic nitrogens is 1. The fourth-order valence-corrected chi connectivity index (χ4v) is 1.74. The van der Waals surface area contributed by atoms with Crippen molar-refractivity contribution in [1.82, 2.24) is 10.3 Å². The van der Waals surface area contributed by atoms with Crippen LogP contribution in [0.3, 0.4) is 0 Å². The number of rotatable bonds is 8. The van der Waals surface area contributed by atoms with Gasteiger partial charge < -0.3 is 14.5 Å². The Morgan fingerprint density at radius 1 is 1.26 bits per heavy atom. The molecule has 2 aromatic rings. The van der Waals surface area contributed by atoms with Crippen LogP contribution < -0.4 is 10.1 Å². The van der Waals surface area contributed by atoms with Crippen LogP contribution in [-0.4, -0.2) is 11.6 Å². The molecule has 0 aromatic carbocycles. The molecule has 1 N–H and O–H groups in total. The maximum Gasteiger partial charge on any atom is 0.217 e. The van der Waals surface area contributed by atoms with E-state index in [0.717, 1.165) is 43.2 Å². The van der Waals surface area contributed by atoms with Crippen molar-refractivity contribution in [3.63, 3.8) is 0 Å². The van der Waals surface area contributed by atoms with E-state index in [1.165, 1.54) is 0 Å². The van der Waals surface area contributed by atoms with Crippen LogP contribution in [0.5, 0.6) is 5.88 Å². The number of pyridine rings is 1. The smallest absolute Gasteiger partial charge is 0.217 e. The van der Waals surface area contributed by atoms with Gasteiger partial charge in [-0.3, -0.25) is 0 Å². The Bertz CT molecular complexity index is 469. The van der Waals surface area contributed by atoms with Crippen LogP contribution in [-0.2, 0) is 13.1 Å². The summed E-state index contributed by atoms with van der Waals surface area (Å²) >= 11 is 0. The molecule has 0 amide bonds. The van der Waals surface area contributed by atoms with E-state index in [-0.39, 0.29) is 0 Å². The first kappa shape index (κ1) is 13.6. The third kappa shape index (κ3) is 4.41. The van der Waals surface area contributed by atoms with Crippen LogP contribution >= 0.6 is 0 Å². The molecule has 4 nitrogen and oxygen atoms in total. The molecule has 102 valence electrons. The third-order valence-corrected chi connectivity index (χ3v) is 2.78. The Morgan fingerprint density at radius 3 is 3.00 bits per heavy atom. The largest absolute Gasteiger partial charge is 0.477 e. The van der Waals surface area contributed by atoms with Gasteiger partial charge in [0, 0.05) is 18.3 Å². The molecule has 19 heavy (non-hydrogen) atoms. The van der Waals surface area contributed by atoms with E-state index >= 15 is 0 Å². The van der Waals surface area contributed by atoms with Gasteiger partial charge in [-0.05, 0) is 24.6 Å². The number of furan rings is 1. The number of nitrogens with one attached hydrogen (secondary N) is 1. The summed E-state index contributed by atoms with van der Waals surface area (Å²) in [5, 5.41) is 3.32. The molecule has 0 aliphatic carbocycles. The minimum Gasteiger partial charge on any atom is -0.477 e. The molecule has 0 aliphatic rings. The SMILES string of the molecule is CCCCOc1ncccc1CNCc1ccco1.